The Hall–Kier alpha value is -6.76. The first kappa shape index (κ1) is 31.0. The van der Waals surface area contributed by atoms with Crippen LogP contribution in [0.3, 0.4) is 0 Å². The van der Waals surface area contributed by atoms with E-state index < -0.39 is 11.7 Å². The smallest absolute Gasteiger partial charge is 0.308 e. The first-order valence-corrected chi connectivity index (χ1v) is 17.6. The predicted molar refractivity (Wildman–Crippen MR) is 208 cm³/mol. The average Bonchev–Trinajstić information content (AvgIpc) is 3.89. The second-order valence-electron chi connectivity index (χ2n) is 12.9. The van der Waals surface area contributed by atoms with Crippen LogP contribution in [0.4, 0.5) is 18.9 Å². The number of nitrogens with zero attached hydrogens (tertiary/aromatic N) is 5. The number of alkyl halides is 3. The van der Waals surface area contributed by atoms with Crippen LogP contribution >= 0.6 is 11.3 Å². The van der Waals surface area contributed by atoms with E-state index >= 15 is 0 Å². The third-order valence-corrected chi connectivity index (χ3v) is 11.1. The van der Waals surface area contributed by atoms with Crippen LogP contribution in [0.2, 0.25) is 0 Å². The van der Waals surface area contributed by atoms with Crippen molar-refractivity contribution in [2.24, 2.45) is 0 Å². The second-order valence-corrected chi connectivity index (χ2v) is 14.0. The van der Waals surface area contributed by atoms with Crippen molar-refractivity contribution in [1.82, 2.24) is 19.1 Å². The Morgan fingerprint density at radius 2 is 1.40 bits per heavy atom. The molecule has 0 spiro atoms. The molecule has 0 aliphatic carbocycles. The van der Waals surface area contributed by atoms with Gasteiger partial charge in [-0.25, -0.2) is 9.83 Å². The molecule has 0 N–H and O–H groups in total. The van der Waals surface area contributed by atoms with Gasteiger partial charge >= 0.3 is 6.18 Å². The van der Waals surface area contributed by atoms with Crippen LogP contribution in [0, 0.1) is 6.57 Å². The highest BCUT2D eigenvalue weighted by atomic mass is 32.1. The zero-order valence-electron chi connectivity index (χ0n) is 27.6. The number of pyridine rings is 1. The maximum Gasteiger partial charge on any atom is 0.417 e. The highest BCUT2D eigenvalue weighted by Crippen LogP contribution is 2.44. The monoisotopic (exact) mass is 711 g/mol. The predicted octanol–water partition coefficient (Wildman–Crippen LogP) is 12.8. The summed E-state index contributed by atoms with van der Waals surface area (Å²) in [6.07, 6.45) is 1.01. The first-order valence-electron chi connectivity index (χ1n) is 16.8. The van der Waals surface area contributed by atoms with E-state index in [0.29, 0.717) is 11.1 Å². The molecule has 0 fully saturated rings. The van der Waals surface area contributed by atoms with Crippen molar-refractivity contribution in [2.75, 3.05) is 0 Å². The van der Waals surface area contributed by atoms with Crippen molar-refractivity contribution >= 4 is 70.0 Å². The van der Waals surface area contributed by atoms with Gasteiger partial charge in [-0.1, -0.05) is 60.7 Å². The van der Waals surface area contributed by atoms with Crippen molar-refractivity contribution in [3.05, 3.63) is 163 Å². The number of benzene rings is 6. The summed E-state index contributed by atoms with van der Waals surface area (Å²) in [5.74, 6) is 0. The van der Waals surface area contributed by atoms with Crippen LogP contribution in [0.15, 0.2) is 146 Å². The van der Waals surface area contributed by atoms with Gasteiger partial charge in [0.05, 0.1) is 46.1 Å². The van der Waals surface area contributed by atoms with Crippen LogP contribution in [0.25, 0.3) is 91.5 Å². The number of fused-ring (bicyclic) bond motifs is 7. The molecule has 0 radical (unpaired) electrons. The van der Waals surface area contributed by atoms with Gasteiger partial charge in [0.2, 0.25) is 0 Å². The molecule has 10 aromatic rings. The molecule has 0 bridgehead atoms. The summed E-state index contributed by atoms with van der Waals surface area (Å²) in [4.78, 5) is 13.2. The number of aromatic nitrogens is 4. The molecule has 4 heterocycles. The van der Waals surface area contributed by atoms with E-state index in [1.807, 2.05) is 73.2 Å². The third kappa shape index (κ3) is 4.91. The van der Waals surface area contributed by atoms with Crippen molar-refractivity contribution in [3.63, 3.8) is 0 Å². The number of hydrogen-bond acceptors (Lipinski definition) is 3. The Kier molecular flexibility index (Phi) is 6.81. The zero-order valence-corrected chi connectivity index (χ0v) is 28.5. The summed E-state index contributed by atoms with van der Waals surface area (Å²) < 4.78 is 46.8. The molecule has 252 valence electrons. The molecule has 0 atom stereocenters. The molecule has 0 unspecified atom stereocenters. The van der Waals surface area contributed by atoms with E-state index in [-0.39, 0.29) is 4.70 Å². The summed E-state index contributed by atoms with van der Waals surface area (Å²) in [6, 6.07) is 40.6. The highest BCUT2D eigenvalue weighted by molar-refractivity contribution is 7.26. The fraction of sp³-hybridized carbons (Fsp3) is 0.0227. The van der Waals surface area contributed by atoms with Gasteiger partial charge in [0.15, 0.2) is 5.69 Å². The van der Waals surface area contributed by atoms with Gasteiger partial charge in [-0.15, -0.1) is 11.3 Å². The fourth-order valence-corrected chi connectivity index (χ4v) is 8.72. The van der Waals surface area contributed by atoms with E-state index in [1.54, 1.807) is 12.3 Å². The minimum atomic E-state index is -4.43. The lowest BCUT2D eigenvalue weighted by Gasteiger charge is -2.11. The number of thiophene rings is 1. The van der Waals surface area contributed by atoms with Gasteiger partial charge in [-0.2, -0.15) is 13.2 Å². The molecule has 6 aromatic carbocycles. The number of para-hydroxylation sites is 2. The lowest BCUT2D eigenvalue weighted by Crippen LogP contribution is -2.04. The third-order valence-electron chi connectivity index (χ3n) is 9.92. The molecule has 9 heteroatoms. The second kappa shape index (κ2) is 11.6. The maximum atomic E-state index is 13.8. The van der Waals surface area contributed by atoms with Crippen LogP contribution in [0.5, 0.6) is 0 Å². The van der Waals surface area contributed by atoms with Gasteiger partial charge in [0, 0.05) is 48.6 Å². The maximum absolute atomic E-state index is 13.8. The van der Waals surface area contributed by atoms with E-state index in [9.17, 15) is 13.2 Å². The van der Waals surface area contributed by atoms with Crippen molar-refractivity contribution in [2.45, 2.75) is 6.18 Å². The van der Waals surface area contributed by atoms with Crippen molar-refractivity contribution < 1.29 is 13.2 Å². The molecule has 5 nitrogen and oxygen atoms in total. The standard InChI is InChI=1S/C44H24F3N5S/c1-48-29-15-17-39-35(22-29)34-21-27(32-9-6-12-40-42(32)50-25-51(40)30-7-3-2-4-8-30)13-16-38(34)52(39)31-19-28(23-49-24-31)26-14-18-41-36(20-26)33-10-5-11-37(43(33)53-41)44(45,46)47/h2-25H. The van der Waals surface area contributed by atoms with Crippen molar-refractivity contribution in [1.29, 1.82) is 0 Å². The van der Waals surface area contributed by atoms with Crippen LogP contribution in [-0.4, -0.2) is 19.1 Å². The Labute approximate surface area is 304 Å². The summed E-state index contributed by atoms with van der Waals surface area (Å²) in [7, 11) is 0. The van der Waals surface area contributed by atoms with Gasteiger partial charge in [-0.3, -0.25) is 9.55 Å². The van der Waals surface area contributed by atoms with Crippen LogP contribution < -0.4 is 0 Å². The van der Waals surface area contributed by atoms with Gasteiger partial charge in [0.25, 0.3) is 0 Å². The molecule has 0 amide bonds. The van der Waals surface area contributed by atoms with Crippen LogP contribution in [0.1, 0.15) is 5.56 Å². The van der Waals surface area contributed by atoms with E-state index in [1.165, 1.54) is 6.07 Å². The summed E-state index contributed by atoms with van der Waals surface area (Å²) in [6.45, 7) is 7.74. The molecule has 0 saturated carbocycles. The minimum absolute atomic E-state index is 0.239. The van der Waals surface area contributed by atoms with Gasteiger partial charge < -0.3 is 4.57 Å². The average molecular weight is 712 g/mol. The molecule has 0 aliphatic heterocycles. The van der Waals surface area contributed by atoms with Gasteiger partial charge in [-0.05, 0) is 83.2 Å². The van der Waals surface area contributed by atoms with Gasteiger partial charge in [0.1, 0.15) is 6.33 Å². The van der Waals surface area contributed by atoms with E-state index in [0.717, 1.165) is 94.0 Å². The number of imidazole rings is 1. The fourth-order valence-electron chi connectivity index (χ4n) is 7.50. The summed E-state index contributed by atoms with van der Waals surface area (Å²) >= 11 is 1.16. The molecular weight excluding hydrogens is 688 g/mol. The quantitative estimate of drug-likeness (QED) is 0.171. The van der Waals surface area contributed by atoms with E-state index in [4.69, 9.17) is 11.6 Å². The number of hydrogen-bond donors (Lipinski definition) is 0. The number of rotatable bonds is 4. The van der Waals surface area contributed by atoms with Crippen LogP contribution in [-0.2, 0) is 6.18 Å². The molecule has 0 aliphatic rings. The normalized spacial score (nSPS) is 12.0. The highest BCUT2D eigenvalue weighted by Gasteiger charge is 2.33. The zero-order chi connectivity index (χ0) is 35.8. The topological polar surface area (TPSA) is 40.0 Å². The summed E-state index contributed by atoms with van der Waals surface area (Å²) in [5.41, 5.74) is 9.25. The Balaban J connectivity index is 1.12. The minimum Gasteiger partial charge on any atom is -0.308 e. The lowest BCUT2D eigenvalue weighted by atomic mass is 10.0. The van der Waals surface area contributed by atoms with E-state index in [2.05, 4.69) is 67.5 Å². The molecule has 0 saturated heterocycles. The first-order chi connectivity index (χ1) is 25.9. The SMILES string of the molecule is [C-]#[N+]c1ccc2c(c1)c1cc(-c3cccc4c3ncn4-c3ccccc3)ccc1n2-c1cncc(-c2ccc3sc4c(C(F)(F)F)cccc4c3c2)c1. The summed E-state index contributed by atoms with van der Waals surface area (Å²) in [5, 5.41) is 3.29. The Morgan fingerprint density at radius 1 is 0.623 bits per heavy atom. The Morgan fingerprint density at radius 3 is 2.23 bits per heavy atom. The van der Waals surface area contributed by atoms with Crippen molar-refractivity contribution in [3.8, 4) is 33.6 Å². The molecule has 10 rings (SSSR count). The molecule has 4 aromatic heterocycles. The largest absolute Gasteiger partial charge is 0.417 e. The number of halogens is 3. The molecule has 53 heavy (non-hydrogen) atoms. The Bertz CT molecular complexity index is 3130. The molecular formula is C44H24F3N5S. The lowest BCUT2D eigenvalue weighted by molar-refractivity contribution is -0.136.